The summed E-state index contributed by atoms with van der Waals surface area (Å²) in [6, 6.07) is 9.75. The number of rotatable bonds is 14. The Hall–Kier alpha value is -9.18. The van der Waals surface area contributed by atoms with Gasteiger partial charge in [-0.15, -0.1) is 6.42 Å². The lowest BCUT2D eigenvalue weighted by molar-refractivity contribution is -0.132. The van der Waals surface area contributed by atoms with Crippen LogP contribution in [0.3, 0.4) is 0 Å². The summed E-state index contributed by atoms with van der Waals surface area (Å²) in [5.41, 5.74) is 8.56. The minimum atomic E-state index is -2.69. The first kappa shape index (κ1) is 57.1. The smallest absolute Gasteiger partial charge is 0.333 e. The molecule has 0 aromatic carbocycles. The molecule has 4 amide bonds. The fraction of sp³-hybridized carbons (Fsp3) is 0.379. The highest BCUT2D eigenvalue weighted by molar-refractivity contribution is 7.03. The lowest BCUT2D eigenvalue weighted by Gasteiger charge is -2.34. The molecule has 0 saturated carbocycles. The fourth-order valence-corrected chi connectivity index (χ4v) is 11.4. The predicted molar refractivity (Wildman–Crippen MR) is 314 cm³/mol. The number of hydrogen-bond acceptors (Lipinski definition) is 15. The number of nitrogens with zero attached hydrogens (tertiary/aromatic N) is 10. The van der Waals surface area contributed by atoms with Gasteiger partial charge in [0.15, 0.2) is 0 Å². The van der Waals surface area contributed by atoms with Crippen molar-refractivity contribution in [3.8, 4) is 46.3 Å². The number of hydrogen-bond donors (Lipinski definition) is 7. The molecular weight excluding hydrogens is 1080 g/mol. The molecule has 0 bridgehead atoms. The summed E-state index contributed by atoms with van der Waals surface area (Å²) in [7, 11) is 1.54. The molecule has 3 aliphatic rings. The number of carbonyl (C=O) groups excluding carboxylic acids is 4. The van der Waals surface area contributed by atoms with E-state index in [1.54, 1.807) is 24.7 Å². The molecule has 7 N–H and O–H groups in total. The summed E-state index contributed by atoms with van der Waals surface area (Å²) < 4.78 is 36.7. The molecule has 0 spiro atoms. The third kappa shape index (κ3) is 13.0. The third-order valence-electron chi connectivity index (χ3n) is 15.0. The van der Waals surface area contributed by atoms with Gasteiger partial charge in [0.2, 0.25) is 29.4 Å². The molecule has 22 nitrogen and oxygen atoms in total. The van der Waals surface area contributed by atoms with Gasteiger partial charge in [0.1, 0.15) is 16.9 Å². The van der Waals surface area contributed by atoms with Crippen molar-refractivity contribution in [3.05, 3.63) is 91.0 Å². The van der Waals surface area contributed by atoms with Crippen LogP contribution < -0.4 is 21.3 Å². The summed E-state index contributed by atoms with van der Waals surface area (Å²) in [6.45, 7) is 5.32. The number of oxazole rings is 1. The second-order valence-electron chi connectivity index (χ2n) is 20.4. The van der Waals surface area contributed by atoms with Crippen LogP contribution in [0.15, 0.2) is 89.7 Å². The average Bonchev–Trinajstić information content (AvgIpc) is 4.45. The van der Waals surface area contributed by atoms with Crippen molar-refractivity contribution in [1.29, 1.82) is 0 Å². The van der Waals surface area contributed by atoms with Gasteiger partial charge < -0.3 is 55.3 Å². The van der Waals surface area contributed by atoms with Crippen molar-refractivity contribution < 1.29 is 32.4 Å². The maximum absolute atomic E-state index is 13.0. The SMILES string of the molecule is C#CCC(=O)N1CCC[C@@H](Nc2c(-c3ccsn3)cnc3[nH]ccc23)C1.CCC(=O)N1CCC[C@@H](Nc2c(-c3ccn(C(F)F)n3)cnc3[nH]ccc23)C1.CCC(=O)N1CCC[C@@H](Nc2c(-c3ncc(C(=O)NC)o3)cnc3[nH]ccc23)C1. The lowest BCUT2D eigenvalue weighted by Crippen LogP contribution is -2.45. The van der Waals surface area contributed by atoms with Gasteiger partial charge >= 0.3 is 6.55 Å². The number of anilines is 3. The van der Waals surface area contributed by atoms with E-state index in [0.717, 1.165) is 114 Å². The zero-order valence-corrected chi connectivity index (χ0v) is 47.1. The number of alkyl halides is 2. The van der Waals surface area contributed by atoms with Crippen LogP contribution in [0.4, 0.5) is 25.8 Å². The van der Waals surface area contributed by atoms with E-state index in [1.165, 1.54) is 31.0 Å². The number of carbonyl (C=O) groups is 4. The minimum absolute atomic E-state index is 0.0280. The molecule has 12 heterocycles. The molecule has 3 aliphatic heterocycles. The Bertz CT molecular complexity index is 3750. The highest BCUT2D eigenvalue weighted by atomic mass is 32.1. The number of pyridine rings is 3. The monoisotopic (exact) mass is 1150 g/mol. The molecule has 25 heteroatoms. The summed E-state index contributed by atoms with van der Waals surface area (Å²) in [6.07, 6.45) is 25.5. The fourth-order valence-electron chi connectivity index (χ4n) is 10.8. The molecule has 3 fully saturated rings. The predicted octanol–water partition coefficient (Wildman–Crippen LogP) is 9.14. The third-order valence-corrected chi connectivity index (χ3v) is 15.5. The van der Waals surface area contributed by atoms with Crippen molar-refractivity contribution in [3.63, 3.8) is 0 Å². The van der Waals surface area contributed by atoms with Gasteiger partial charge in [-0.05, 0) is 80.4 Å². The van der Waals surface area contributed by atoms with Crippen molar-refractivity contribution in [2.75, 3.05) is 62.3 Å². The van der Waals surface area contributed by atoms with Crippen LogP contribution in [0.25, 0.3) is 67.1 Å². The Morgan fingerprint density at radius 2 is 1.16 bits per heavy atom. The van der Waals surface area contributed by atoms with Gasteiger partial charge in [0.25, 0.3) is 5.91 Å². The molecule has 9 aromatic rings. The second kappa shape index (κ2) is 26.2. The Balaban J connectivity index is 0.000000139. The average molecular weight is 1150 g/mol. The molecule has 3 atom stereocenters. The number of amides is 4. The molecule has 83 heavy (non-hydrogen) atoms. The number of aromatic amines is 3. The summed E-state index contributed by atoms with van der Waals surface area (Å²) >= 11 is 1.42. The van der Waals surface area contributed by atoms with Crippen LogP contribution in [0, 0.1) is 12.3 Å². The normalized spacial score (nSPS) is 17.1. The van der Waals surface area contributed by atoms with E-state index in [-0.39, 0.29) is 53.9 Å². The molecule has 0 radical (unpaired) electrons. The molecule has 3 saturated heterocycles. The Morgan fingerprint density at radius 3 is 1.60 bits per heavy atom. The second-order valence-corrected chi connectivity index (χ2v) is 21.0. The van der Waals surface area contributed by atoms with Crippen LogP contribution in [-0.2, 0) is 14.4 Å². The number of H-pyrrole nitrogens is 3. The van der Waals surface area contributed by atoms with E-state index in [4.69, 9.17) is 10.8 Å². The van der Waals surface area contributed by atoms with E-state index in [1.807, 2.05) is 76.8 Å². The van der Waals surface area contributed by atoms with E-state index >= 15 is 0 Å². The molecular formula is C58H65F2N17O5S. The molecule has 0 unspecified atom stereocenters. The Labute approximate surface area is 480 Å². The summed E-state index contributed by atoms with van der Waals surface area (Å²) in [4.78, 5) is 80.8. The van der Waals surface area contributed by atoms with Gasteiger partial charge in [-0.1, -0.05) is 19.8 Å². The maximum Gasteiger partial charge on any atom is 0.333 e. The van der Waals surface area contributed by atoms with Crippen LogP contribution in [0.2, 0.25) is 0 Å². The minimum Gasteiger partial charge on any atom is -0.431 e. The molecule has 12 rings (SSSR count). The van der Waals surface area contributed by atoms with Gasteiger partial charge in [0.05, 0.1) is 46.6 Å². The lowest BCUT2D eigenvalue weighted by atomic mass is 10.0. The zero-order valence-electron chi connectivity index (χ0n) is 46.3. The number of nitrogens with one attached hydrogen (secondary N) is 7. The number of halogens is 2. The van der Waals surface area contributed by atoms with E-state index < -0.39 is 6.55 Å². The summed E-state index contributed by atoms with van der Waals surface area (Å²) in [5, 5.41) is 22.0. The molecule has 9 aromatic heterocycles. The Kier molecular flexibility index (Phi) is 18.0. The van der Waals surface area contributed by atoms with Gasteiger partial charge in [0, 0.05) is 153 Å². The van der Waals surface area contributed by atoms with Gasteiger partial charge in [-0.3, -0.25) is 19.2 Å². The first-order valence-electron chi connectivity index (χ1n) is 27.8. The van der Waals surface area contributed by atoms with Crippen LogP contribution in [-0.4, -0.2) is 152 Å². The van der Waals surface area contributed by atoms with Gasteiger partial charge in [-0.25, -0.2) is 24.6 Å². The van der Waals surface area contributed by atoms with E-state index in [0.29, 0.717) is 65.5 Å². The van der Waals surface area contributed by atoms with E-state index in [2.05, 4.69) is 71.5 Å². The first-order chi connectivity index (χ1) is 40.4. The van der Waals surface area contributed by atoms with Crippen LogP contribution >= 0.6 is 11.5 Å². The molecule has 0 aliphatic carbocycles. The van der Waals surface area contributed by atoms with E-state index in [9.17, 15) is 28.0 Å². The number of likely N-dealkylation sites (tertiary alicyclic amines) is 3. The quantitative estimate of drug-likeness (QED) is 0.0501. The van der Waals surface area contributed by atoms with Gasteiger partial charge in [-0.2, -0.15) is 18.3 Å². The van der Waals surface area contributed by atoms with Crippen LogP contribution in [0.5, 0.6) is 0 Å². The highest BCUT2D eigenvalue weighted by Crippen LogP contribution is 2.38. The number of piperidine rings is 3. The molecule has 432 valence electrons. The standard InChI is InChI=1S/C20H24N6O3.C19H22F2N6O.C19H19N5OS/c1-3-16(27)26-8-4-5-12(11-26)25-17-13-6-7-22-18(13)23-9-14(17)20-24-10-15(29-20)19(28)21-2;1-2-16(28)26-8-3-4-12(11-26)24-17-13-5-7-22-18(13)23-10-14(17)15-6-9-27(25-15)19(20)21;1-2-4-17(25)24-9-3-5-13(12-24)22-18-14-6-8-20-19(14)21-11-15(18)16-7-10-26-23-16/h6-7,9-10,12H,3-5,8,11H2,1-2H3,(H,21,28)(H2,22,23,25);5-7,9-10,12,19H,2-4,8,11H2,1H3,(H2,22,23,24);1,6-8,10-11,13H,3-5,9,12H2,(H2,20,21,22)/t2*12-;13-/m111/s1. The Morgan fingerprint density at radius 1 is 0.675 bits per heavy atom. The van der Waals surface area contributed by atoms with Crippen molar-refractivity contribution in [2.45, 2.75) is 96.3 Å². The summed E-state index contributed by atoms with van der Waals surface area (Å²) in [5.74, 6) is 2.90. The maximum atomic E-state index is 13.0. The van der Waals surface area contributed by atoms with Crippen molar-refractivity contribution in [1.82, 2.24) is 69.1 Å². The highest BCUT2D eigenvalue weighted by Gasteiger charge is 2.29. The number of terminal acetylenes is 1. The van der Waals surface area contributed by atoms with Crippen molar-refractivity contribution in [2.24, 2.45) is 0 Å². The number of fused-ring (bicyclic) bond motifs is 3. The van der Waals surface area contributed by atoms with Crippen molar-refractivity contribution >= 4 is 85.3 Å². The largest absolute Gasteiger partial charge is 0.431 e. The van der Waals surface area contributed by atoms with Crippen LogP contribution in [0.1, 0.15) is 88.7 Å². The topological polar surface area (TPSA) is 269 Å². The number of aromatic nitrogens is 10. The zero-order chi connectivity index (χ0) is 58.0. The first-order valence-corrected chi connectivity index (χ1v) is 28.6.